The molecule has 0 radical (unpaired) electrons. The lowest BCUT2D eigenvalue weighted by Gasteiger charge is -2.13. The van der Waals surface area contributed by atoms with Crippen molar-refractivity contribution in [1.82, 2.24) is 4.57 Å². The van der Waals surface area contributed by atoms with E-state index < -0.39 is 5.97 Å². The molecule has 1 heterocycles. The summed E-state index contributed by atoms with van der Waals surface area (Å²) in [7, 11) is 0. The number of amides is 1. The first-order chi connectivity index (χ1) is 14.6. The minimum atomic E-state index is -0.855. The smallest absolute Gasteiger partial charge is 0.307 e. The van der Waals surface area contributed by atoms with E-state index in [4.69, 9.17) is 0 Å². The summed E-state index contributed by atoms with van der Waals surface area (Å²) in [6.07, 6.45) is 2.18. The number of hydrogen-bond acceptors (Lipinski definition) is 2. The number of aromatic nitrogens is 1. The molecule has 0 aliphatic heterocycles. The van der Waals surface area contributed by atoms with Crippen molar-refractivity contribution in [2.24, 2.45) is 0 Å². The fraction of sp³-hybridized carbons (Fsp3) is 0.120. The van der Waals surface area contributed by atoms with Crippen LogP contribution < -0.4 is 5.32 Å². The first kappa shape index (κ1) is 19.5. The summed E-state index contributed by atoms with van der Waals surface area (Å²) >= 11 is 0. The number of hydrogen-bond donors (Lipinski definition) is 2. The third-order valence-corrected chi connectivity index (χ3v) is 5.05. The topological polar surface area (TPSA) is 71.3 Å². The molecule has 0 unspecified atom stereocenters. The standard InChI is InChI=1S/C25H22N2O3/c28-24(14-18-8-2-1-3-9-18)26-22-12-6-4-10-19(22)16-27-17-20(15-25(29)30)21-11-5-7-13-23(21)27/h1-13,17H,14-16H2,(H,26,28)(H,29,30). The molecule has 0 saturated heterocycles. The van der Waals surface area contributed by atoms with Gasteiger partial charge in [0.25, 0.3) is 0 Å². The predicted molar refractivity (Wildman–Crippen MR) is 118 cm³/mol. The molecule has 5 heteroatoms. The van der Waals surface area contributed by atoms with Gasteiger partial charge in [-0.15, -0.1) is 0 Å². The van der Waals surface area contributed by atoms with Crippen molar-refractivity contribution in [2.75, 3.05) is 5.32 Å². The third kappa shape index (κ3) is 4.41. The summed E-state index contributed by atoms with van der Waals surface area (Å²) in [5.74, 6) is -0.927. The van der Waals surface area contributed by atoms with Gasteiger partial charge in [0.15, 0.2) is 0 Å². The molecule has 0 aliphatic carbocycles. The Balaban J connectivity index is 1.59. The molecule has 0 spiro atoms. The molecule has 2 N–H and O–H groups in total. The lowest BCUT2D eigenvalue weighted by Crippen LogP contribution is -2.16. The summed E-state index contributed by atoms with van der Waals surface area (Å²) < 4.78 is 2.04. The molecule has 4 rings (SSSR count). The molecular formula is C25H22N2O3. The molecule has 1 amide bonds. The maximum atomic E-state index is 12.5. The lowest BCUT2D eigenvalue weighted by atomic mass is 10.1. The predicted octanol–water partition coefficient (Wildman–Crippen LogP) is 4.50. The number of carbonyl (C=O) groups is 2. The molecule has 0 bridgehead atoms. The van der Waals surface area contributed by atoms with Crippen LogP contribution in [0, 0.1) is 0 Å². The Morgan fingerprint density at radius 3 is 2.30 bits per heavy atom. The van der Waals surface area contributed by atoms with Crippen LogP contribution in [0.5, 0.6) is 0 Å². The van der Waals surface area contributed by atoms with Crippen LogP contribution in [0.25, 0.3) is 10.9 Å². The largest absolute Gasteiger partial charge is 0.481 e. The Morgan fingerprint density at radius 1 is 0.800 bits per heavy atom. The Morgan fingerprint density at radius 2 is 1.50 bits per heavy atom. The quantitative estimate of drug-likeness (QED) is 0.482. The molecule has 4 aromatic rings. The van der Waals surface area contributed by atoms with E-state index in [1.807, 2.05) is 89.6 Å². The highest BCUT2D eigenvalue weighted by Crippen LogP contribution is 2.25. The first-order valence-corrected chi connectivity index (χ1v) is 9.80. The second kappa shape index (κ2) is 8.66. The molecule has 0 aliphatic rings. The van der Waals surface area contributed by atoms with E-state index in [1.54, 1.807) is 0 Å². The van der Waals surface area contributed by atoms with Gasteiger partial charge in [-0.25, -0.2) is 0 Å². The number of nitrogens with zero attached hydrogens (tertiary/aromatic N) is 1. The number of fused-ring (bicyclic) bond motifs is 1. The van der Waals surface area contributed by atoms with Crippen molar-refractivity contribution < 1.29 is 14.7 Å². The molecular weight excluding hydrogens is 376 g/mol. The van der Waals surface area contributed by atoms with Crippen molar-refractivity contribution in [1.29, 1.82) is 0 Å². The van der Waals surface area contributed by atoms with Crippen molar-refractivity contribution >= 4 is 28.5 Å². The van der Waals surface area contributed by atoms with E-state index in [-0.39, 0.29) is 12.3 Å². The first-order valence-electron chi connectivity index (χ1n) is 9.80. The molecule has 30 heavy (non-hydrogen) atoms. The van der Waals surface area contributed by atoms with E-state index in [0.29, 0.717) is 13.0 Å². The number of rotatable bonds is 7. The molecule has 5 nitrogen and oxygen atoms in total. The van der Waals surface area contributed by atoms with Crippen molar-refractivity contribution in [2.45, 2.75) is 19.4 Å². The van der Waals surface area contributed by atoms with Gasteiger partial charge in [-0.3, -0.25) is 9.59 Å². The van der Waals surface area contributed by atoms with Gasteiger partial charge in [0, 0.05) is 29.3 Å². The fourth-order valence-corrected chi connectivity index (χ4v) is 3.70. The number of aliphatic carboxylic acids is 1. The Bertz CT molecular complexity index is 1200. The Kier molecular flexibility index (Phi) is 5.61. The van der Waals surface area contributed by atoms with E-state index in [0.717, 1.165) is 33.3 Å². The third-order valence-electron chi connectivity index (χ3n) is 5.05. The van der Waals surface area contributed by atoms with Crippen molar-refractivity contribution in [3.63, 3.8) is 0 Å². The van der Waals surface area contributed by atoms with Crippen molar-refractivity contribution in [3.8, 4) is 0 Å². The highest BCUT2D eigenvalue weighted by atomic mass is 16.4. The van der Waals surface area contributed by atoms with E-state index in [2.05, 4.69) is 5.32 Å². The van der Waals surface area contributed by atoms with Crippen LogP contribution in [0.15, 0.2) is 85.1 Å². The Labute approximate surface area is 174 Å². The molecule has 0 atom stereocenters. The zero-order chi connectivity index (χ0) is 20.9. The normalized spacial score (nSPS) is 10.8. The number of para-hydroxylation sites is 2. The van der Waals surface area contributed by atoms with Gasteiger partial charge >= 0.3 is 5.97 Å². The van der Waals surface area contributed by atoms with Crippen LogP contribution in [0.3, 0.4) is 0 Å². The Hall–Kier alpha value is -3.86. The summed E-state index contributed by atoms with van der Waals surface area (Å²) in [6, 6.07) is 25.1. The number of carbonyl (C=O) groups excluding carboxylic acids is 1. The number of carboxylic acids is 1. The second-order valence-corrected chi connectivity index (χ2v) is 7.24. The molecule has 0 fully saturated rings. The molecule has 3 aromatic carbocycles. The molecule has 1 aromatic heterocycles. The van der Waals surface area contributed by atoms with Crippen molar-refractivity contribution in [3.05, 3.63) is 102 Å². The van der Waals surface area contributed by atoms with Crippen LogP contribution in [0.1, 0.15) is 16.7 Å². The van der Waals surface area contributed by atoms with Gasteiger partial charge in [0.2, 0.25) is 5.91 Å². The van der Waals surface area contributed by atoms with E-state index >= 15 is 0 Å². The number of nitrogens with one attached hydrogen (secondary N) is 1. The van der Waals surface area contributed by atoms with Crippen LogP contribution in [0.4, 0.5) is 5.69 Å². The number of anilines is 1. The van der Waals surface area contributed by atoms with Crippen LogP contribution in [-0.4, -0.2) is 21.6 Å². The monoisotopic (exact) mass is 398 g/mol. The second-order valence-electron chi connectivity index (χ2n) is 7.24. The SMILES string of the molecule is O=C(O)Cc1cn(Cc2ccccc2NC(=O)Cc2ccccc2)c2ccccc12. The fourth-order valence-electron chi connectivity index (χ4n) is 3.70. The van der Waals surface area contributed by atoms with E-state index in [9.17, 15) is 14.7 Å². The minimum absolute atomic E-state index is 0.0248. The van der Waals surface area contributed by atoms with Crippen LogP contribution in [-0.2, 0) is 29.0 Å². The van der Waals surface area contributed by atoms with Gasteiger partial charge in [-0.2, -0.15) is 0 Å². The highest BCUT2D eigenvalue weighted by Gasteiger charge is 2.13. The maximum Gasteiger partial charge on any atom is 0.307 e. The molecule has 0 saturated carbocycles. The van der Waals surface area contributed by atoms with Gasteiger partial charge in [-0.1, -0.05) is 66.7 Å². The van der Waals surface area contributed by atoms with Crippen LogP contribution in [0.2, 0.25) is 0 Å². The summed E-state index contributed by atoms with van der Waals surface area (Å²) in [4.78, 5) is 23.8. The van der Waals surface area contributed by atoms with Gasteiger partial charge < -0.3 is 15.0 Å². The molecule has 150 valence electrons. The average Bonchev–Trinajstić information content (AvgIpc) is 3.07. The number of carboxylic acid groups (broad SMARTS) is 1. The average molecular weight is 398 g/mol. The number of benzene rings is 3. The zero-order valence-electron chi connectivity index (χ0n) is 16.4. The van der Waals surface area contributed by atoms with Gasteiger partial charge in [0.05, 0.1) is 12.8 Å². The van der Waals surface area contributed by atoms with Gasteiger partial charge in [-0.05, 0) is 28.8 Å². The summed E-state index contributed by atoms with van der Waals surface area (Å²) in [5.41, 5.74) is 4.43. The minimum Gasteiger partial charge on any atom is -0.481 e. The highest BCUT2D eigenvalue weighted by molar-refractivity contribution is 5.93. The zero-order valence-corrected chi connectivity index (χ0v) is 16.4. The summed E-state index contributed by atoms with van der Waals surface area (Å²) in [6.45, 7) is 0.530. The lowest BCUT2D eigenvalue weighted by molar-refractivity contribution is -0.136. The van der Waals surface area contributed by atoms with Gasteiger partial charge in [0.1, 0.15) is 0 Å². The van der Waals surface area contributed by atoms with E-state index in [1.165, 1.54) is 0 Å². The maximum absolute atomic E-state index is 12.5. The van der Waals surface area contributed by atoms with Crippen LogP contribution >= 0.6 is 0 Å². The summed E-state index contributed by atoms with van der Waals surface area (Å²) in [5, 5.41) is 13.2.